The first-order chi connectivity index (χ1) is 14.3. The first kappa shape index (κ1) is 21.6. The lowest BCUT2D eigenvalue weighted by Gasteiger charge is -2.15. The first-order valence-electron chi connectivity index (χ1n) is 8.55. The average Bonchev–Trinajstić information content (AvgIpc) is 3.25. The Bertz CT molecular complexity index is 1150. The van der Waals surface area contributed by atoms with Crippen molar-refractivity contribution in [3.8, 4) is 33.6 Å². The summed E-state index contributed by atoms with van der Waals surface area (Å²) in [6, 6.07) is 7.64. The number of thiazole rings is 1. The Balaban J connectivity index is 2.13. The van der Waals surface area contributed by atoms with Crippen molar-refractivity contribution in [1.29, 1.82) is 0 Å². The molecule has 0 aliphatic carbocycles. The lowest BCUT2D eigenvalue weighted by Crippen LogP contribution is -2.11. The summed E-state index contributed by atoms with van der Waals surface area (Å²) in [5, 5.41) is 2.46. The van der Waals surface area contributed by atoms with Gasteiger partial charge in [0.1, 0.15) is 5.01 Å². The molecule has 2 aromatic carbocycles. The Morgan fingerprint density at radius 3 is 2.13 bits per heavy atom. The van der Waals surface area contributed by atoms with E-state index in [0.29, 0.717) is 27.8 Å². The second-order valence-corrected chi connectivity index (χ2v) is 8.55. The molecule has 1 heterocycles. The predicted molar refractivity (Wildman–Crippen MR) is 113 cm³/mol. The van der Waals surface area contributed by atoms with Gasteiger partial charge < -0.3 is 18.4 Å². The number of ether oxygens (including phenoxy) is 3. The van der Waals surface area contributed by atoms with Crippen LogP contribution in [-0.2, 0) is 10.1 Å². The third kappa shape index (κ3) is 4.55. The smallest absolute Gasteiger partial charge is 0.306 e. The van der Waals surface area contributed by atoms with Gasteiger partial charge in [-0.25, -0.2) is 4.98 Å². The Morgan fingerprint density at radius 1 is 0.967 bits per heavy atom. The molecular weight excluding hydrogens is 430 g/mol. The molecule has 158 valence electrons. The predicted octanol–water partition coefficient (Wildman–Crippen LogP) is 3.41. The summed E-state index contributed by atoms with van der Waals surface area (Å²) in [5.41, 5.74) is 0.907. The summed E-state index contributed by atoms with van der Waals surface area (Å²) in [6.07, 6.45) is 2.54. The quantitative estimate of drug-likeness (QED) is 0.381. The summed E-state index contributed by atoms with van der Waals surface area (Å²) in [5.74, 6) is 0.362. The van der Waals surface area contributed by atoms with E-state index in [2.05, 4.69) is 4.98 Å². The van der Waals surface area contributed by atoms with Gasteiger partial charge in [0.2, 0.25) is 5.75 Å². The number of ketones is 1. The highest BCUT2D eigenvalue weighted by molar-refractivity contribution is 7.86. The van der Waals surface area contributed by atoms with Crippen molar-refractivity contribution in [2.24, 2.45) is 0 Å². The van der Waals surface area contributed by atoms with Crippen LogP contribution in [0.1, 0.15) is 15.9 Å². The maximum absolute atomic E-state index is 13.2. The van der Waals surface area contributed by atoms with Crippen LogP contribution in [0.25, 0.3) is 10.6 Å². The zero-order chi connectivity index (χ0) is 21.9. The fourth-order valence-electron chi connectivity index (χ4n) is 2.81. The minimum Gasteiger partial charge on any atom is -0.493 e. The number of carbonyl (C=O) groups excluding carboxylic acids is 1. The maximum Gasteiger partial charge on any atom is 0.306 e. The van der Waals surface area contributed by atoms with Gasteiger partial charge in [-0.15, -0.1) is 11.3 Å². The standard InChI is InChI=1S/C20H19NO7S2/c1-25-16-10-13(11-17(26-2)19(16)27-3)18(22)14-6-5-12(20-21-7-8-29-20)9-15(14)28-30(4,23)24/h5-11H,1-4H3. The average molecular weight is 450 g/mol. The SMILES string of the molecule is COc1cc(C(=O)c2ccc(-c3nccs3)cc2OS(C)(=O)=O)cc(OC)c1OC. The van der Waals surface area contributed by atoms with E-state index in [-0.39, 0.29) is 16.9 Å². The van der Waals surface area contributed by atoms with E-state index in [1.54, 1.807) is 17.6 Å². The molecule has 10 heteroatoms. The molecule has 0 unspecified atom stereocenters. The molecule has 0 saturated carbocycles. The lowest BCUT2D eigenvalue weighted by atomic mass is 10.00. The number of aromatic nitrogens is 1. The monoisotopic (exact) mass is 449 g/mol. The van der Waals surface area contributed by atoms with Crippen LogP contribution < -0.4 is 18.4 Å². The molecule has 0 fully saturated rings. The lowest BCUT2D eigenvalue weighted by molar-refractivity contribution is 0.103. The topological polar surface area (TPSA) is 101 Å². The highest BCUT2D eigenvalue weighted by atomic mass is 32.2. The molecule has 1 aromatic heterocycles. The fourth-order valence-corrected chi connectivity index (χ4v) is 3.91. The van der Waals surface area contributed by atoms with Crippen LogP contribution in [0.3, 0.4) is 0 Å². The van der Waals surface area contributed by atoms with E-state index in [4.69, 9.17) is 18.4 Å². The van der Waals surface area contributed by atoms with Crippen LogP contribution in [0, 0.1) is 0 Å². The fraction of sp³-hybridized carbons (Fsp3) is 0.200. The Morgan fingerprint density at radius 2 is 1.63 bits per heavy atom. The Kier molecular flexibility index (Phi) is 6.28. The third-order valence-electron chi connectivity index (χ3n) is 4.07. The molecule has 0 atom stereocenters. The van der Waals surface area contributed by atoms with Crippen molar-refractivity contribution in [3.05, 3.63) is 53.0 Å². The molecule has 0 saturated heterocycles. The van der Waals surface area contributed by atoms with Gasteiger partial charge in [-0.1, -0.05) is 6.07 Å². The van der Waals surface area contributed by atoms with Crippen molar-refractivity contribution in [3.63, 3.8) is 0 Å². The van der Waals surface area contributed by atoms with E-state index in [9.17, 15) is 13.2 Å². The molecule has 0 spiro atoms. The molecule has 0 amide bonds. The number of hydrogen-bond donors (Lipinski definition) is 0. The summed E-state index contributed by atoms with van der Waals surface area (Å²) < 4.78 is 44.6. The van der Waals surface area contributed by atoms with E-state index < -0.39 is 15.9 Å². The van der Waals surface area contributed by atoms with Gasteiger partial charge in [-0.3, -0.25) is 4.79 Å². The van der Waals surface area contributed by atoms with E-state index >= 15 is 0 Å². The van der Waals surface area contributed by atoms with E-state index in [1.165, 1.54) is 56.9 Å². The van der Waals surface area contributed by atoms with Gasteiger partial charge in [0, 0.05) is 22.7 Å². The van der Waals surface area contributed by atoms with E-state index in [1.807, 2.05) is 0 Å². The van der Waals surface area contributed by atoms with Gasteiger partial charge in [-0.2, -0.15) is 8.42 Å². The number of carbonyl (C=O) groups is 1. The van der Waals surface area contributed by atoms with Crippen LogP contribution in [0.5, 0.6) is 23.0 Å². The number of nitrogens with zero attached hydrogens (tertiary/aromatic N) is 1. The number of methoxy groups -OCH3 is 3. The normalized spacial score (nSPS) is 11.1. The van der Waals surface area contributed by atoms with Gasteiger partial charge in [0.15, 0.2) is 23.0 Å². The zero-order valence-electron chi connectivity index (χ0n) is 16.7. The largest absolute Gasteiger partial charge is 0.493 e. The molecular formula is C20H19NO7S2. The van der Waals surface area contributed by atoms with Crippen molar-refractivity contribution in [1.82, 2.24) is 4.98 Å². The second-order valence-electron chi connectivity index (χ2n) is 6.08. The molecule has 0 aliphatic heterocycles. The molecule has 8 nitrogen and oxygen atoms in total. The highest BCUT2D eigenvalue weighted by Gasteiger charge is 2.23. The van der Waals surface area contributed by atoms with Crippen molar-refractivity contribution in [2.45, 2.75) is 0 Å². The van der Waals surface area contributed by atoms with Gasteiger partial charge in [0.25, 0.3) is 0 Å². The number of benzene rings is 2. The summed E-state index contributed by atoms with van der Waals surface area (Å²) in [4.78, 5) is 17.4. The molecule has 0 bridgehead atoms. The number of rotatable bonds is 8. The minimum atomic E-state index is -3.88. The van der Waals surface area contributed by atoms with Crippen molar-refractivity contribution >= 4 is 27.2 Å². The summed E-state index contributed by atoms with van der Waals surface area (Å²) in [7, 11) is 0.454. The van der Waals surface area contributed by atoms with Crippen molar-refractivity contribution in [2.75, 3.05) is 27.6 Å². The Labute approximate surface area is 178 Å². The minimum absolute atomic E-state index is 0.0648. The van der Waals surface area contributed by atoms with Crippen LogP contribution in [0.15, 0.2) is 41.9 Å². The van der Waals surface area contributed by atoms with Gasteiger partial charge >= 0.3 is 10.1 Å². The molecule has 3 aromatic rings. The van der Waals surface area contributed by atoms with Crippen molar-refractivity contribution < 1.29 is 31.6 Å². The molecule has 0 N–H and O–H groups in total. The van der Waals surface area contributed by atoms with Crippen LogP contribution >= 0.6 is 11.3 Å². The molecule has 3 rings (SSSR count). The summed E-state index contributed by atoms with van der Waals surface area (Å²) in [6.45, 7) is 0. The highest BCUT2D eigenvalue weighted by Crippen LogP contribution is 2.39. The molecule has 0 aliphatic rings. The van der Waals surface area contributed by atoms with Crippen LogP contribution in [-0.4, -0.2) is 46.8 Å². The second kappa shape index (κ2) is 8.72. The first-order valence-corrected chi connectivity index (χ1v) is 11.2. The summed E-state index contributed by atoms with van der Waals surface area (Å²) >= 11 is 1.38. The maximum atomic E-state index is 13.2. The Hall–Kier alpha value is -3.11. The third-order valence-corrected chi connectivity index (χ3v) is 5.38. The van der Waals surface area contributed by atoms with Gasteiger partial charge in [0.05, 0.1) is 33.1 Å². The van der Waals surface area contributed by atoms with Crippen LogP contribution in [0.2, 0.25) is 0 Å². The van der Waals surface area contributed by atoms with Gasteiger partial charge in [-0.05, 0) is 24.3 Å². The molecule has 30 heavy (non-hydrogen) atoms. The zero-order valence-corrected chi connectivity index (χ0v) is 18.3. The van der Waals surface area contributed by atoms with E-state index in [0.717, 1.165) is 6.26 Å². The van der Waals surface area contributed by atoms with Crippen LogP contribution in [0.4, 0.5) is 0 Å². The molecule has 0 radical (unpaired) electrons. The number of hydrogen-bond acceptors (Lipinski definition) is 9.